The molecule has 7 nitrogen and oxygen atoms in total. The molecule has 0 saturated carbocycles. The lowest BCUT2D eigenvalue weighted by Crippen LogP contribution is -2.54. The van der Waals surface area contributed by atoms with E-state index in [0.29, 0.717) is 12.8 Å². The molecule has 1 rings (SSSR count). The molecular weight excluding hydrogens is 345 g/mol. The molecule has 7 unspecified atom stereocenters. The van der Waals surface area contributed by atoms with Gasteiger partial charge < -0.3 is 32.9 Å². The molecule has 0 aromatic rings. The van der Waals surface area contributed by atoms with Crippen molar-refractivity contribution in [2.24, 2.45) is 0 Å². The summed E-state index contributed by atoms with van der Waals surface area (Å²) in [6, 6.07) is -1.09. The highest BCUT2D eigenvalue weighted by atomic mass is 31.2. The van der Waals surface area contributed by atoms with Crippen molar-refractivity contribution >= 4 is 24.3 Å². The van der Waals surface area contributed by atoms with Crippen molar-refractivity contribution in [2.45, 2.75) is 69.0 Å². The first-order chi connectivity index (χ1) is 11.9. The molecule has 1 heterocycles. The van der Waals surface area contributed by atoms with Gasteiger partial charge in [0.1, 0.15) is 27.4 Å². The van der Waals surface area contributed by atoms with Crippen LogP contribution in [-0.4, -0.2) is 84.4 Å². The Balaban J connectivity index is 2.67. The van der Waals surface area contributed by atoms with Gasteiger partial charge in [-0.1, -0.05) is 13.8 Å². The standard InChI is InChI=1S/C15H29B2O7P/c1-6-10-11(8-12(16)23-10)24-25(18)22-9-15(7-2,21-5)13(19-3)14(17)20-4/h10-14,18H,6-9H2,1-5H3. The molecule has 4 radical (unpaired) electrons. The molecule has 1 fully saturated rings. The van der Waals surface area contributed by atoms with Gasteiger partial charge in [-0.2, -0.15) is 0 Å². The van der Waals surface area contributed by atoms with Crippen LogP contribution in [0.25, 0.3) is 0 Å². The van der Waals surface area contributed by atoms with E-state index in [1.807, 2.05) is 13.8 Å². The van der Waals surface area contributed by atoms with Crippen molar-refractivity contribution in [1.82, 2.24) is 0 Å². The molecule has 0 bridgehead atoms. The molecular formula is C15H29B2O7P. The molecule has 0 aromatic carbocycles. The van der Waals surface area contributed by atoms with E-state index < -0.39 is 26.3 Å². The van der Waals surface area contributed by atoms with Gasteiger partial charge in [-0.25, -0.2) is 0 Å². The summed E-state index contributed by atoms with van der Waals surface area (Å²) < 4.78 is 32.9. The first kappa shape index (κ1) is 23.3. The summed E-state index contributed by atoms with van der Waals surface area (Å²) in [5.41, 5.74) is -0.885. The summed E-state index contributed by atoms with van der Waals surface area (Å²) in [6.45, 7) is 3.93. The van der Waals surface area contributed by atoms with Crippen LogP contribution >= 0.6 is 8.60 Å². The Morgan fingerprint density at radius 2 is 1.96 bits per heavy atom. The molecule has 0 amide bonds. The smallest absolute Gasteiger partial charge is 0.330 e. The minimum Gasteiger partial charge on any atom is -0.388 e. The van der Waals surface area contributed by atoms with Crippen molar-refractivity contribution in [2.75, 3.05) is 27.9 Å². The maximum atomic E-state index is 10.2. The molecule has 0 aromatic heterocycles. The van der Waals surface area contributed by atoms with Crippen molar-refractivity contribution in [3.05, 3.63) is 0 Å². The van der Waals surface area contributed by atoms with Crippen LogP contribution in [0.3, 0.4) is 0 Å². The molecule has 1 N–H and O–H groups in total. The Kier molecular flexibility index (Phi) is 10.4. The Morgan fingerprint density at radius 3 is 2.44 bits per heavy atom. The number of hydrogen-bond donors (Lipinski definition) is 1. The topological polar surface area (TPSA) is 75.6 Å². The lowest BCUT2D eigenvalue weighted by atomic mass is 9.81. The molecule has 0 aliphatic carbocycles. The van der Waals surface area contributed by atoms with Crippen molar-refractivity contribution in [3.63, 3.8) is 0 Å². The van der Waals surface area contributed by atoms with Crippen LogP contribution in [0.4, 0.5) is 0 Å². The quantitative estimate of drug-likeness (QED) is 0.407. The van der Waals surface area contributed by atoms with Gasteiger partial charge in [-0.05, 0) is 19.3 Å². The second-order valence-electron chi connectivity index (χ2n) is 5.99. The van der Waals surface area contributed by atoms with E-state index in [9.17, 15) is 4.89 Å². The van der Waals surface area contributed by atoms with Crippen LogP contribution < -0.4 is 0 Å². The van der Waals surface area contributed by atoms with E-state index in [1.54, 1.807) is 7.11 Å². The van der Waals surface area contributed by atoms with Gasteiger partial charge >= 0.3 is 8.60 Å². The van der Waals surface area contributed by atoms with Crippen LogP contribution in [0.2, 0.25) is 0 Å². The first-order valence-corrected chi connectivity index (χ1v) is 9.56. The summed E-state index contributed by atoms with van der Waals surface area (Å²) in [7, 11) is 14.2. The highest BCUT2D eigenvalue weighted by Gasteiger charge is 2.43. The van der Waals surface area contributed by atoms with Gasteiger partial charge in [-0.3, -0.25) is 0 Å². The average molecular weight is 374 g/mol. The van der Waals surface area contributed by atoms with E-state index in [0.717, 1.165) is 6.42 Å². The van der Waals surface area contributed by atoms with Crippen LogP contribution in [0, 0.1) is 0 Å². The SMILES string of the molecule is [B]C1CC(OP(O)OCC(CC)(OC)C(OC)C([B])OC)C(CC)O1. The molecule has 1 aliphatic heterocycles. The molecule has 142 valence electrons. The zero-order valence-corrected chi connectivity index (χ0v) is 16.6. The Bertz CT molecular complexity index is 376. The fourth-order valence-corrected chi connectivity index (χ4v) is 3.85. The molecule has 1 saturated heterocycles. The molecule has 7 atom stereocenters. The van der Waals surface area contributed by atoms with E-state index >= 15 is 0 Å². The number of rotatable bonds is 12. The predicted octanol–water partition coefficient (Wildman–Crippen LogP) is 1.25. The number of hydrogen-bond acceptors (Lipinski definition) is 7. The van der Waals surface area contributed by atoms with Crippen LogP contribution in [0.15, 0.2) is 0 Å². The Hall–Kier alpha value is 0.280. The molecule has 25 heavy (non-hydrogen) atoms. The fourth-order valence-electron chi connectivity index (χ4n) is 3.01. The predicted molar refractivity (Wildman–Crippen MR) is 96.7 cm³/mol. The van der Waals surface area contributed by atoms with Crippen LogP contribution in [0.5, 0.6) is 0 Å². The monoisotopic (exact) mass is 374 g/mol. The minimum atomic E-state index is -2.12. The summed E-state index contributed by atoms with van der Waals surface area (Å²) >= 11 is 0. The lowest BCUT2D eigenvalue weighted by Gasteiger charge is -2.40. The zero-order valence-electron chi connectivity index (χ0n) is 15.7. The van der Waals surface area contributed by atoms with Crippen molar-refractivity contribution in [3.8, 4) is 0 Å². The highest BCUT2D eigenvalue weighted by Crippen LogP contribution is 2.41. The lowest BCUT2D eigenvalue weighted by molar-refractivity contribution is -0.164. The largest absolute Gasteiger partial charge is 0.388 e. The van der Waals surface area contributed by atoms with Gasteiger partial charge in [0.05, 0.1) is 18.8 Å². The van der Waals surface area contributed by atoms with Crippen molar-refractivity contribution < 1.29 is 32.9 Å². The maximum Gasteiger partial charge on any atom is 0.330 e. The summed E-state index contributed by atoms with van der Waals surface area (Å²) in [5, 5.41) is 0. The third kappa shape index (κ3) is 6.15. The van der Waals surface area contributed by atoms with E-state index in [-0.39, 0.29) is 24.8 Å². The number of methoxy groups -OCH3 is 3. The summed E-state index contributed by atoms with van der Waals surface area (Å²) in [4.78, 5) is 10.2. The van der Waals surface area contributed by atoms with E-state index in [4.69, 9.17) is 43.7 Å². The van der Waals surface area contributed by atoms with E-state index in [2.05, 4.69) is 0 Å². The van der Waals surface area contributed by atoms with Crippen LogP contribution in [0.1, 0.15) is 33.1 Å². The maximum absolute atomic E-state index is 10.2. The third-order valence-electron chi connectivity index (χ3n) is 4.62. The first-order valence-electron chi connectivity index (χ1n) is 8.43. The summed E-state index contributed by atoms with van der Waals surface area (Å²) in [5.74, 6) is 0. The molecule has 10 heteroatoms. The Labute approximate surface area is 154 Å². The van der Waals surface area contributed by atoms with Crippen LogP contribution in [-0.2, 0) is 28.0 Å². The molecule has 0 spiro atoms. The van der Waals surface area contributed by atoms with Gasteiger partial charge in [0.15, 0.2) is 0 Å². The molecule has 1 aliphatic rings. The summed E-state index contributed by atoms with van der Waals surface area (Å²) in [6.07, 6.45) is 0.767. The van der Waals surface area contributed by atoms with Gasteiger partial charge in [0.25, 0.3) is 0 Å². The zero-order chi connectivity index (χ0) is 19.0. The normalized spacial score (nSPS) is 29.9. The minimum absolute atomic E-state index is 0.0359. The second-order valence-corrected chi connectivity index (χ2v) is 6.94. The second kappa shape index (κ2) is 11.2. The Morgan fingerprint density at radius 1 is 1.28 bits per heavy atom. The van der Waals surface area contributed by atoms with Crippen molar-refractivity contribution in [1.29, 1.82) is 0 Å². The highest BCUT2D eigenvalue weighted by molar-refractivity contribution is 7.40. The van der Waals surface area contributed by atoms with Gasteiger partial charge in [-0.15, -0.1) is 0 Å². The third-order valence-corrected chi connectivity index (χ3v) is 5.43. The van der Waals surface area contributed by atoms with E-state index in [1.165, 1.54) is 14.2 Å². The van der Waals surface area contributed by atoms with Gasteiger partial charge in [0.2, 0.25) is 0 Å². The fraction of sp³-hybridized carbons (Fsp3) is 1.00. The van der Waals surface area contributed by atoms with Gasteiger partial charge in [0, 0.05) is 33.3 Å². The average Bonchev–Trinajstić information content (AvgIpc) is 2.97. The number of ether oxygens (including phenoxy) is 4.